The molecule has 1 atom stereocenters. The third-order valence-electron chi connectivity index (χ3n) is 3.15. The second kappa shape index (κ2) is 8.14. The van der Waals surface area contributed by atoms with Crippen LogP contribution in [0, 0.1) is 13.8 Å². The van der Waals surface area contributed by atoms with E-state index in [2.05, 4.69) is 5.43 Å². The van der Waals surface area contributed by atoms with Gasteiger partial charge in [0.2, 0.25) is 0 Å². The summed E-state index contributed by atoms with van der Waals surface area (Å²) in [6, 6.07) is 3.79. The Hall–Kier alpha value is -1.24. The maximum Gasteiger partial charge on any atom is 0.261 e. The van der Waals surface area contributed by atoms with Gasteiger partial charge in [0.25, 0.3) is 6.43 Å². The highest BCUT2D eigenvalue weighted by atomic mass is 19.3. The van der Waals surface area contributed by atoms with E-state index in [4.69, 9.17) is 15.3 Å². The molecule has 0 saturated heterocycles. The molecule has 0 amide bonds. The fourth-order valence-corrected chi connectivity index (χ4v) is 2.11. The van der Waals surface area contributed by atoms with Crippen LogP contribution in [-0.2, 0) is 4.74 Å². The molecule has 1 unspecified atom stereocenters. The molecule has 0 spiro atoms. The van der Waals surface area contributed by atoms with Crippen molar-refractivity contribution in [3.63, 3.8) is 0 Å². The Balaban J connectivity index is 2.72. The van der Waals surface area contributed by atoms with Gasteiger partial charge in [-0.1, -0.05) is 6.07 Å². The van der Waals surface area contributed by atoms with Crippen LogP contribution < -0.4 is 16.0 Å². The molecule has 0 aliphatic carbocycles. The number of hydrogen-bond acceptors (Lipinski definition) is 4. The van der Waals surface area contributed by atoms with Crippen LogP contribution in [0.2, 0.25) is 0 Å². The molecule has 0 saturated carbocycles. The SMILES string of the molecule is COc1cc(C)c(C(CCOCC(F)F)NN)cc1C. The number of methoxy groups -OCH3 is 1. The number of rotatable bonds is 8. The standard InChI is InChI=1S/C14H22F2N2O2/c1-9-7-13(19-3)10(2)6-11(9)12(18-17)4-5-20-8-14(15)16/h6-7,12,14,18H,4-5,8,17H2,1-3H3. The van der Waals surface area contributed by atoms with E-state index in [1.807, 2.05) is 26.0 Å². The lowest BCUT2D eigenvalue weighted by Gasteiger charge is -2.20. The predicted molar refractivity (Wildman–Crippen MR) is 74.0 cm³/mol. The van der Waals surface area contributed by atoms with Crippen LogP contribution in [-0.4, -0.2) is 26.7 Å². The van der Waals surface area contributed by atoms with E-state index in [0.717, 1.165) is 22.4 Å². The van der Waals surface area contributed by atoms with Crippen LogP contribution >= 0.6 is 0 Å². The number of halogens is 2. The van der Waals surface area contributed by atoms with E-state index in [0.29, 0.717) is 6.42 Å². The van der Waals surface area contributed by atoms with Crippen LogP contribution in [0.4, 0.5) is 8.78 Å². The molecule has 6 heteroatoms. The number of nitrogens with two attached hydrogens (primary N) is 1. The summed E-state index contributed by atoms with van der Waals surface area (Å²) in [7, 11) is 1.62. The summed E-state index contributed by atoms with van der Waals surface area (Å²) in [4.78, 5) is 0. The first-order valence-corrected chi connectivity index (χ1v) is 6.46. The molecule has 0 fully saturated rings. The van der Waals surface area contributed by atoms with Crippen LogP contribution in [0.15, 0.2) is 12.1 Å². The molecule has 0 aromatic heterocycles. The van der Waals surface area contributed by atoms with Gasteiger partial charge in [-0.3, -0.25) is 11.3 Å². The minimum atomic E-state index is -2.44. The summed E-state index contributed by atoms with van der Waals surface area (Å²) < 4.78 is 34.1. The minimum absolute atomic E-state index is 0.141. The molecule has 1 aromatic rings. The molecule has 1 aromatic carbocycles. The van der Waals surface area contributed by atoms with E-state index in [1.165, 1.54) is 0 Å². The molecule has 114 valence electrons. The Morgan fingerprint density at radius 3 is 2.50 bits per heavy atom. The topological polar surface area (TPSA) is 56.5 Å². The zero-order valence-corrected chi connectivity index (χ0v) is 12.1. The molecule has 4 nitrogen and oxygen atoms in total. The number of nitrogens with one attached hydrogen (secondary N) is 1. The van der Waals surface area contributed by atoms with Crippen molar-refractivity contribution in [1.82, 2.24) is 5.43 Å². The van der Waals surface area contributed by atoms with Crippen molar-refractivity contribution >= 4 is 0 Å². The average Bonchev–Trinajstić information content (AvgIpc) is 2.41. The quantitative estimate of drug-likeness (QED) is 0.438. The van der Waals surface area contributed by atoms with Crippen molar-refractivity contribution in [2.75, 3.05) is 20.3 Å². The lowest BCUT2D eigenvalue weighted by Crippen LogP contribution is -2.29. The normalized spacial score (nSPS) is 12.8. The molecule has 1 rings (SSSR count). The maximum absolute atomic E-state index is 12.0. The van der Waals surface area contributed by atoms with Gasteiger partial charge >= 0.3 is 0 Å². The van der Waals surface area contributed by atoms with Crippen molar-refractivity contribution < 1.29 is 18.3 Å². The van der Waals surface area contributed by atoms with E-state index in [-0.39, 0.29) is 12.6 Å². The Kier molecular flexibility index (Phi) is 6.84. The van der Waals surface area contributed by atoms with Crippen molar-refractivity contribution in [2.24, 2.45) is 5.84 Å². The van der Waals surface area contributed by atoms with E-state index in [9.17, 15) is 8.78 Å². The van der Waals surface area contributed by atoms with Gasteiger partial charge in [-0.2, -0.15) is 0 Å². The van der Waals surface area contributed by atoms with Gasteiger partial charge in [0, 0.05) is 12.6 Å². The van der Waals surface area contributed by atoms with Crippen molar-refractivity contribution in [3.8, 4) is 5.75 Å². The number of alkyl halides is 2. The zero-order valence-electron chi connectivity index (χ0n) is 12.1. The van der Waals surface area contributed by atoms with Crippen LogP contribution in [0.25, 0.3) is 0 Å². The number of benzene rings is 1. The van der Waals surface area contributed by atoms with Gasteiger partial charge in [-0.15, -0.1) is 0 Å². The van der Waals surface area contributed by atoms with Gasteiger partial charge in [-0.25, -0.2) is 8.78 Å². The van der Waals surface area contributed by atoms with Crippen molar-refractivity contribution in [3.05, 3.63) is 28.8 Å². The zero-order chi connectivity index (χ0) is 15.1. The second-order valence-corrected chi connectivity index (χ2v) is 4.65. The first kappa shape index (κ1) is 16.8. The summed E-state index contributed by atoms with van der Waals surface area (Å²) >= 11 is 0. The smallest absolute Gasteiger partial charge is 0.261 e. The van der Waals surface area contributed by atoms with Crippen molar-refractivity contribution in [1.29, 1.82) is 0 Å². The van der Waals surface area contributed by atoms with E-state index in [1.54, 1.807) is 7.11 Å². The lowest BCUT2D eigenvalue weighted by atomic mass is 9.97. The Bertz CT molecular complexity index is 428. The van der Waals surface area contributed by atoms with Crippen LogP contribution in [0.1, 0.15) is 29.2 Å². The molecular formula is C14H22F2N2O2. The van der Waals surface area contributed by atoms with Gasteiger partial charge in [0.15, 0.2) is 0 Å². The summed E-state index contributed by atoms with van der Waals surface area (Å²) in [5.41, 5.74) is 5.76. The molecule has 0 heterocycles. The first-order chi connectivity index (χ1) is 9.49. The van der Waals surface area contributed by atoms with E-state index < -0.39 is 13.0 Å². The predicted octanol–water partition coefficient (Wildman–Crippen LogP) is 2.49. The second-order valence-electron chi connectivity index (χ2n) is 4.65. The number of hydrazine groups is 1. The Morgan fingerprint density at radius 1 is 1.25 bits per heavy atom. The minimum Gasteiger partial charge on any atom is -0.496 e. The lowest BCUT2D eigenvalue weighted by molar-refractivity contribution is 0.0143. The van der Waals surface area contributed by atoms with Gasteiger partial charge < -0.3 is 9.47 Å². The summed E-state index contributed by atoms with van der Waals surface area (Å²) in [6.07, 6.45) is -1.92. The van der Waals surface area contributed by atoms with Gasteiger partial charge in [0.1, 0.15) is 12.4 Å². The van der Waals surface area contributed by atoms with Crippen LogP contribution in [0.3, 0.4) is 0 Å². The fraction of sp³-hybridized carbons (Fsp3) is 0.571. The average molecular weight is 288 g/mol. The fourth-order valence-electron chi connectivity index (χ4n) is 2.11. The molecule has 0 radical (unpaired) electrons. The summed E-state index contributed by atoms with van der Waals surface area (Å²) in [6.45, 7) is 3.59. The third-order valence-corrected chi connectivity index (χ3v) is 3.15. The number of ether oxygens (including phenoxy) is 2. The molecule has 20 heavy (non-hydrogen) atoms. The highest BCUT2D eigenvalue weighted by Crippen LogP contribution is 2.27. The Morgan fingerprint density at radius 2 is 1.95 bits per heavy atom. The maximum atomic E-state index is 12.0. The summed E-state index contributed by atoms with van der Waals surface area (Å²) in [5, 5.41) is 0. The highest BCUT2D eigenvalue weighted by molar-refractivity contribution is 5.42. The molecule has 0 bridgehead atoms. The van der Waals surface area contributed by atoms with Gasteiger partial charge in [0.05, 0.1) is 7.11 Å². The number of hydrogen-bond donors (Lipinski definition) is 2. The third kappa shape index (κ3) is 4.70. The first-order valence-electron chi connectivity index (χ1n) is 6.46. The number of aryl methyl sites for hydroxylation is 2. The van der Waals surface area contributed by atoms with Crippen LogP contribution in [0.5, 0.6) is 5.75 Å². The molecular weight excluding hydrogens is 266 g/mol. The van der Waals surface area contributed by atoms with E-state index >= 15 is 0 Å². The monoisotopic (exact) mass is 288 g/mol. The Labute approximate surface area is 118 Å². The van der Waals surface area contributed by atoms with Crippen molar-refractivity contribution in [2.45, 2.75) is 32.7 Å². The molecule has 3 N–H and O–H groups in total. The molecule has 0 aliphatic rings. The largest absolute Gasteiger partial charge is 0.496 e. The van der Waals surface area contributed by atoms with Gasteiger partial charge in [-0.05, 0) is 43.0 Å². The highest BCUT2D eigenvalue weighted by Gasteiger charge is 2.15. The summed E-state index contributed by atoms with van der Waals surface area (Å²) in [5.74, 6) is 6.37. The molecule has 0 aliphatic heterocycles.